The molecule has 2 aromatic rings. The van der Waals surface area contributed by atoms with E-state index < -0.39 is 0 Å². The van der Waals surface area contributed by atoms with Gasteiger partial charge >= 0.3 is 0 Å². The van der Waals surface area contributed by atoms with Crippen molar-refractivity contribution in [3.63, 3.8) is 0 Å². The van der Waals surface area contributed by atoms with E-state index in [1.807, 2.05) is 37.3 Å². The van der Waals surface area contributed by atoms with Crippen molar-refractivity contribution >= 4 is 16.8 Å². The zero-order chi connectivity index (χ0) is 10.7. The fourth-order valence-corrected chi connectivity index (χ4v) is 1.64. The standard InChI is InChI=1S/C14H11N/c1-11(10-15)9-13-7-4-6-12-5-2-3-8-14(12)13/h2-9H,1H3/b11-9-. The van der Waals surface area contributed by atoms with Crippen molar-refractivity contribution in [3.05, 3.63) is 53.6 Å². The van der Waals surface area contributed by atoms with Crippen LogP contribution in [0.4, 0.5) is 0 Å². The molecule has 1 nitrogen and oxygen atoms in total. The van der Waals surface area contributed by atoms with Crippen LogP contribution in [0.15, 0.2) is 48.0 Å². The normalized spacial score (nSPS) is 11.3. The first-order chi connectivity index (χ1) is 7.31. The topological polar surface area (TPSA) is 23.8 Å². The van der Waals surface area contributed by atoms with Crippen LogP contribution in [0.3, 0.4) is 0 Å². The minimum Gasteiger partial charge on any atom is -0.193 e. The maximum atomic E-state index is 8.75. The minimum atomic E-state index is 0.728. The van der Waals surface area contributed by atoms with Crippen molar-refractivity contribution in [2.24, 2.45) is 0 Å². The quantitative estimate of drug-likeness (QED) is 0.632. The molecule has 0 aliphatic heterocycles. The van der Waals surface area contributed by atoms with Gasteiger partial charge in [0.1, 0.15) is 0 Å². The Morgan fingerprint density at radius 3 is 2.67 bits per heavy atom. The number of benzene rings is 2. The number of fused-ring (bicyclic) bond motifs is 1. The number of hydrogen-bond donors (Lipinski definition) is 0. The Hall–Kier alpha value is -2.07. The van der Waals surface area contributed by atoms with Crippen LogP contribution in [-0.2, 0) is 0 Å². The molecule has 0 aromatic heterocycles. The van der Waals surface area contributed by atoms with Gasteiger partial charge in [-0.05, 0) is 29.3 Å². The summed E-state index contributed by atoms with van der Waals surface area (Å²) in [5, 5.41) is 11.1. The zero-order valence-corrected chi connectivity index (χ0v) is 8.57. The first kappa shape index (κ1) is 9.48. The second-order valence-electron chi connectivity index (χ2n) is 3.51. The van der Waals surface area contributed by atoms with Crippen molar-refractivity contribution in [3.8, 4) is 6.07 Å². The third kappa shape index (κ3) is 1.89. The lowest BCUT2D eigenvalue weighted by molar-refractivity contribution is 1.46. The molecular formula is C14H11N. The van der Waals surface area contributed by atoms with Crippen LogP contribution in [-0.4, -0.2) is 0 Å². The molecule has 2 rings (SSSR count). The molecule has 0 saturated carbocycles. The molecule has 72 valence electrons. The second-order valence-corrected chi connectivity index (χ2v) is 3.51. The molecule has 0 atom stereocenters. The predicted molar refractivity (Wildman–Crippen MR) is 63.2 cm³/mol. The Morgan fingerprint density at radius 1 is 1.13 bits per heavy atom. The first-order valence-electron chi connectivity index (χ1n) is 4.87. The molecule has 0 radical (unpaired) electrons. The predicted octanol–water partition coefficient (Wildman–Crippen LogP) is 3.77. The summed E-state index contributed by atoms with van der Waals surface area (Å²) in [6.45, 7) is 1.82. The van der Waals surface area contributed by atoms with Gasteiger partial charge < -0.3 is 0 Å². The largest absolute Gasteiger partial charge is 0.193 e. The fraction of sp³-hybridized carbons (Fsp3) is 0.0714. The Balaban J connectivity index is 2.67. The number of hydrogen-bond acceptors (Lipinski definition) is 1. The average molecular weight is 193 g/mol. The van der Waals surface area contributed by atoms with Gasteiger partial charge in [-0.25, -0.2) is 0 Å². The van der Waals surface area contributed by atoms with E-state index in [0.717, 1.165) is 11.1 Å². The molecule has 0 amide bonds. The summed E-state index contributed by atoms with van der Waals surface area (Å²) in [5.41, 5.74) is 1.83. The van der Waals surface area contributed by atoms with Gasteiger partial charge in [0, 0.05) is 5.57 Å². The summed E-state index contributed by atoms with van der Waals surface area (Å²) in [6.07, 6.45) is 1.92. The number of rotatable bonds is 1. The van der Waals surface area contributed by atoms with Crippen molar-refractivity contribution in [2.45, 2.75) is 6.92 Å². The van der Waals surface area contributed by atoms with Crippen molar-refractivity contribution in [1.29, 1.82) is 5.26 Å². The summed E-state index contributed by atoms with van der Waals surface area (Å²) in [5.74, 6) is 0. The lowest BCUT2D eigenvalue weighted by Gasteiger charge is -2.01. The maximum absolute atomic E-state index is 8.75. The monoisotopic (exact) mass is 193 g/mol. The van der Waals surface area contributed by atoms with E-state index in [-0.39, 0.29) is 0 Å². The third-order valence-corrected chi connectivity index (χ3v) is 2.37. The Morgan fingerprint density at radius 2 is 1.87 bits per heavy atom. The summed E-state index contributed by atoms with van der Waals surface area (Å²) in [4.78, 5) is 0. The number of allylic oxidation sites excluding steroid dienone is 1. The van der Waals surface area contributed by atoms with E-state index in [1.165, 1.54) is 10.8 Å². The molecule has 0 N–H and O–H groups in total. The third-order valence-electron chi connectivity index (χ3n) is 2.37. The van der Waals surface area contributed by atoms with Crippen LogP contribution in [0, 0.1) is 11.3 Å². The van der Waals surface area contributed by atoms with E-state index in [1.54, 1.807) is 0 Å². The van der Waals surface area contributed by atoms with Crippen molar-refractivity contribution < 1.29 is 0 Å². The zero-order valence-electron chi connectivity index (χ0n) is 8.57. The molecule has 0 heterocycles. The van der Waals surface area contributed by atoms with Gasteiger partial charge in [0.25, 0.3) is 0 Å². The molecule has 0 spiro atoms. The highest BCUT2D eigenvalue weighted by Gasteiger charge is 1.97. The van der Waals surface area contributed by atoms with Gasteiger partial charge in [-0.1, -0.05) is 42.5 Å². The first-order valence-corrected chi connectivity index (χ1v) is 4.87. The van der Waals surface area contributed by atoms with Crippen LogP contribution < -0.4 is 0 Å². The van der Waals surface area contributed by atoms with E-state index >= 15 is 0 Å². The number of nitriles is 1. The second kappa shape index (κ2) is 3.98. The number of nitrogens with zero attached hydrogens (tertiary/aromatic N) is 1. The molecule has 0 saturated heterocycles. The van der Waals surface area contributed by atoms with Gasteiger partial charge in [-0.15, -0.1) is 0 Å². The van der Waals surface area contributed by atoms with Crippen LogP contribution >= 0.6 is 0 Å². The summed E-state index contributed by atoms with van der Waals surface area (Å²) >= 11 is 0. The smallest absolute Gasteiger partial charge is 0.0944 e. The van der Waals surface area contributed by atoms with Gasteiger partial charge in [-0.3, -0.25) is 0 Å². The van der Waals surface area contributed by atoms with E-state index in [4.69, 9.17) is 5.26 Å². The summed E-state index contributed by atoms with van der Waals surface area (Å²) < 4.78 is 0. The van der Waals surface area contributed by atoms with Crippen molar-refractivity contribution in [2.75, 3.05) is 0 Å². The highest BCUT2D eigenvalue weighted by molar-refractivity contribution is 5.91. The van der Waals surface area contributed by atoms with Gasteiger partial charge in [0.2, 0.25) is 0 Å². The minimum absolute atomic E-state index is 0.728. The van der Waals surface area contributed by atoms with Crippen LogP contribution in [0.25, 0.3) is 16.8 Å². The Labute approximate surface area is 89.3 Å². The summed E-state index contributed by atoms with van der Waals surface area (Å²) in [7, 11) is 0. The lowest BCUT2D eigenvalue weighted by atomic mass is 10.0. The van der Waals surface area contributed by atoms with E-state index in [0.29, 0.717) is 0 Å². The van der Waals surface area contributed by atoms with Crippen LogP contribution in [0.5, 0.6) is 0 Å². The van der Waals surface area contributed by atoms with Crippen LogP contribution in [0.2, 0.25) is 0 Å². The highest BCUT2D eigenvalue weighted by Crippen LogP contribution is 2.20. The van der Waals surface area contributed by atoms with Crippen LogP contribution in [0.1, 0.15) is 12.5 Å². The van der Waals surface area contributed by atoms with E-state index in [2.05, 4.69) is 24.3 Å². The lowest BCUT2D eigenvalue weighted by Crippen LogP contribution is -1.78. The van der Waals surface area contributed by atoms with Crippen molar-refractivity contribution in [1.82, 2.24) is 0 Å². The van der Waals surface area contributed by atoms with E-state index in [9.17, 15) is 0 Å². The van der Waals surface area contributed by atoms with Gasteiger partial charge in [0.15, 0.2) is 0 Å². The fourth-order valence-electron chi connectivity index (χ4n) is 1.64. The molecule has 0 aliphatic carbocycles. The molecule has 0 unspecified atom stereocenters. The maximum Gasteiger partial charge on any atom is 0.0944 e. The molecule has 15 heavy (non-hydrogen) atoms. The molecule has 2 aromatic carbocycles. The Bertz CT molecular complexity index is 554. The van der Waals surface area contributed by atoms with Gasteiger partial charge in [-0.2, -0.15) is 5.26 Å². The molecular weight excluding hydrogens is 182 g/mol. The average Bonchev–Trinajstić information content (AvgIpc) is 2.29. The SMILES string of the molecule is C/C(C#N)=C/c1cccc2ccccc12. The molecule has 1 heteroatoms. The highest BCUT2D eigenvalue weighted by atomic mass is 14.2. The molecule has 0 aliphatic rings. The Kier molecular flexibility index (Phi) is 2.51. The van der Waals surface area contributed by atoms with Gasteiger partial charge in [0.05, 0.1) is 6.07 Å². The molecule has 0 fully saturated rings. The summed E-state index contributed by atoms with van der Waals surface area (Å²) in [6, 6.07) is 16.4. The molecule has 0 bridgehead atoms.